The maximum absolute atomic E-state index is 12.2. The lowest BCUT2D eigenvalue weighted by atomic mass is 10.1. The van der Waals surface area contributed by atoms with Crippen LogP contribution in [-0.2, 0) is 15.0 Å². The summed E-state index contributed by atoms with van der Waals surface area (Å²) in [4.78, 5) is 11.3. The molecule has 0 atom stereocenters. The summed E-state index contributed by atoms with van der Waals surface area (Å²) >= 11 is 0. The van der Waals surface area contributed by atoms with Crippen molar-refractivity contribution < 1.29 is 21.8 Å². The second-order valence-electron chi connectivity index (χ2n) is 3.12. The molecule has 0 N–H and O–H groups in total. The Morgan fingerprint density at radius 3 is 2.41 bits per heavy atom. The lowest BCUT2D eigenvalue weighted by Crippen LogP contribution is -2.03. The van der Waals surface area contributed by atoms with E-state index in [9.17, 15) is 17.1 Å². The van der Waals surface area contributed by atoms with Crippen LogP contribution in [0.2, 0.25) is 0 Å². The molecule has 4 nitrogen and oxygen atoms in total. The summed E-state index contributed by atoms with van der Waals surface area (Å²) in [5, 5.41) is 0.451. The van der Waals surface area contributed by atoms with Crippen LogP contribution in [0.1, 0.15) is 22.8 Å². The number of hydrogen-bond donors (Lipinski definition) is 0. The third-order valence-corrected chi connectivity index (χ3v) is 2.31. The molecule has 1 rings (SSSR count). The molecule has 0 saturated heterocycles. The summed E-state index contributed by atoms with van der Waals surface area (Å²) in [6, 6.07) is 5.94. The first-order chi connectivity index (χ1) is 7.92. The Hall–Kier alpha value is -1.69. The van der Waals surface area contributed by atoms with E-state index in [-0.39, 0.29) is 6.61 Å². The Labute approximate surface area is 98.9 Å². The second kappa shape index (κ2) is 5.58. The molecule has 0 saturated carbocycles. The van der Waals surface area contributed by atoms with E-state index in [0.29, 0.717) is 16.5 Å². The van der Waals surface area contributed by atoms with Crippen LogP contribution in [0.15, 0.2) is 29.7 Å². The molecule has 0 aliphatic heterocycles. The van der Waals surface area contributed by atoms with E-state index in [1.807, 2.05) is 0 Å². The van der Waals surface area contributed by atoms with Crippen molar-refractivity contribution in [1.29, 1.82) is 0 Å². The molecular weight excluding hydrogens is 247 g/mol. The number of benzene rings is 1. The minimum atomic E-state index is -4.63. The molecule has 1 aromatic carbocycles. The average molecular weight is 258 g/mol. The fourth-order valence-corrected chi connectivity index (χ4v) is 1.42. The van der Waals surface area contributed by atoms with Gasteiger partial charge in [0, 0.05) is 0 Å². The number of carbonyl (C=O) groups is 1. The van der Waals surface area contributed by atoms with Crippen molar-refractivity contribution in [3.05, 3.63) is 40.8 Å². The lowest BCUT2D eigenvalue weighted by molar-refractivity contribution is 0.0526. The lowest BCUT2D eigenvalue weighted by Gasteiger charge is -2.01. The molecule has 0 heterocycles. The highest BCUT2D eigenvalue weighted by atomic mass is 32.3. The fraction of sp³-hybridized carbons (Fsp3) is 0.182. The normalized spacial score (nSPS) is 11.6. The van der Waals surface area contributed by atoms with Crippen LogP contribution in [0.5, 0.6) is 0 Å². The topological polar surface area (TPSA) is 60.4 Å². The first kappa shape index (κ1) is 13.4. The van der Waals surface area contributed by atoms with E-state index in [0.717, 1.165) is 6.08 Å². The van der Waals surface area contributed by atoms with Gasteiger partial charge in [-0.1, -0.05) is 12.1 Å². The van der Waals surface area contributed by atoms with E-state index < -0.39 is 16.2 Å². The van der Waals surface area contributed by atoms with Crippen LogP contribution in [0, 0.1) is 0 Å². The van der Waals surface area contributed by atoms with E-state index in [1.54, 1.807) is 6.92 Å². The Morgan fingerprint density at radius 2 is 1.94 bits per heavy atom. The minimum Gasteiger partial charge on any atom is -0.462 e. The first-order valence-electron chi connectivity index (χ1n) is 4.82. The van der Waals surface area contributed by atoms with Gasteiger partial charge < -0.3 is 4.74 Å². The van der Waals surface area contributed by atoms with E-state index in [4.69, 9.17) is 4.74 Å². The van der Waals surface area contributed by atoms with Crippen molar-refractivity contribution in [1.82, 2.24) is 0 Å². The average Bonchev–Trinajstić information content (AvgIpc) is 2.26. The Balaban J connectivity index is 2.82. The highest BCUT2D eigenvalue weighted by molar-refractivity contribution is 7.89. The molecule has 0 amide bonds. The maximum atomic E-state index is 12.2. The van der Waals surface area contributed by atoms with Gasteiger partial charge in [-0.3, -0.25) is 0 Å². The quantitative estimate of drug-likeness (QED) is 0.613. The summed E-state index contributed by atoms with van der Waals surface area (Å²) in [5.74, 6) is -0.457. The van der Waals surface area contributed by atoms with Crippen LogP contribution in [0.4, 0.5) is 3.89 Å². The van der Waals surface area contributed by atoms with Gasteiger partial charge >= 0.3 is 16.2 Å². The molecule has 0 spiro atoms. The molecule has 0 aliphatic carbocycles. The molecule has 0 fully saturated rings. The van der Waals surface area contributed by atoms with Crippen molar-refractivity contribution in [3.8, 4) is 0 Å². The largest absolute Gasteiger partial charge is 0.462 e. The molecule has 0 bridgehead atoms. The zero-order valence-corrected chi connectivity index (χ0v) is 9.91. The van der Waals surface area contributed by atoms with Crippen LogP contribution in [0.3, 0.4) is 0 Å². The molecule has 0 aromatic heterocycles. The van der Waals surface area contributed by atoms with Crippen molar-refractivity contribution in [2.45, 2.75) is 6.92 Å². The first-order valence-corrected chi connectivity index (χ1v) is 6.27. The third-order valence-electron chi connectivity index (χ3n) is 1.84. The number of carbonyl (C=O) groups excluding carboxylic acids is 1. The number of esters is 1. The number of hydrogen-bond acceptors (Lipinski definition) is 4. The zero-order chi connectivity index (χ0) is 12.9. The van der Waals surface area contributed by atoms with Gasteiger partial charge in [0.25, 0.3) is 0 Å². The second-order valence-corrected chi connectivity index (χ2v) is 4.34. The van der Waals surface area contributed by atoms with Crippen molar-refractivity contribution >= 4 is 22.3 Å². The predicted octanol–water partition coefficient (Wildman–Crippen LogP) is 2.13. The number of halogens is 1. The van der Waals surface area contributed by atoms with Gasteiger partial charge in [0.15, 0.2) is 0 Å². The Kier molecular flexibility index (Phi) is 4.39. The highest BCUT2D eigenvalue weighted by Gasteiger charge is 2.05. The SMILES string of the molecule is CCOC(=O)c1ccc(/C=C/S(=O)(=O)F)cc1. The Morgan fingerprint density at radius 1 is 1.35 bits per heavy atom. The molecule has 1 aromatic rings. The zero-order valence-electron chi connectivity index (χ0n) is 9.09. The third kappa shape index (κ3) is 4.78. The van der Waals surface area contributed by atoms with Gasteiger partial charge in [0.05, 0.1) is 17.6 Å². The van der Waals surface area contributed by atoms with Crippen molar-refractivity contribution in [3.63, 3.8) is 0 Å². The smallest absolute Gasteiger partial charge is 0.338 e. The van der Waals surface area contributed by atoms with Gasteiger partial charge in [0.2, 0.25) is 0 Å². The summed E-state index contributed by atoms with van der Waals surface area (Å²) in [5.41, 5.74) is 0.825. The van der Waals surface area contributed by atoms with Crippen LogP contribution in [-0.4, -0.2) is 21.0 Å². The van der Waals surface area contributed by atoms with Crippen molar-refractivity contribution in [2.24, 2.45) is 0 Å². The molecule has 0 radical (unpaired) electrons. The Bertz CT molecular complexity index is 517. The van der Waals surface area contributed by atoms with Gasteiger partial charge in [-0.2, -0.15) is 8.42 Å². The minimum absolute atomic E-state index is 0.278. The molecule has 6 heteroatoms. The van der Waals surface area contributed by atoms with E-state index >= 15 is 0 Å². The van der Waals surface area contributed by atoms with Gasteiger partial charge in [0.1, 0.15) is 0 Å². The van der Waals surface area contributed by atoms with Gasteiger partial charge in [-0.15, -0.1) is 3.89 Å². The van der Waals surface area contributed by atoms with Crippen LogP contribution < -0.4 is 0 Å². The van der Waals surface area contributed by atoms with Crippen molar-refractivity contribution in [2.75, 3.05) is 6.61 Å². The summed E-state index contributed by atoms with van der Waals surface area (Å²) < 4.78 is 37.4. The standard InChI is InChI=1S/C11H11FO4S/c1-2-16-11(13)10-5-3-9(4-6-10)7-8-17(12,14)15/h3-8H,2H2,1H3/b8-7+. The summed E-state index contributed by atoms with van der Waals surface area (Å²) in [6.07, 6.45) is 1.10. The summed E-state index contributed by atoms with van der Waals surface area (Å²) in [6.45, 7) is 1.97. The molecular formula is C11H11FO4S. The fourth-order valence-electron chi connectivity index (χ4n) is 1.10. The van der Waals surface area contributed by atoms with E-state index in [2.05, 4.69) is 0 Å². The van der Waals surface area contributed by atoms with Gasteiger partial charge in [-0.05, 0) is 30.7 Å². The summed E-state index contributed by atoms with van der Waals surface area (Å²) in [7, 11) is -4.63. The molecule has 0 aliphatic rings. The molecule has 17 heavy (non-hydrogen) atoms. The number of ether oxygens (including phenoxy) is 1. The van der Waals surface area contributed by atoms with Crippen LogP contribution >= 0.6 is 0 Å². The molecule has 92 valence electrons. The van der Waals surface area contributed by atoms with Gasteiger partial charge in [-0.25, -0.2) is 4.79 Å². The van der Waals surface area contributed by atoms with Crippen LogP contribution in [0.25, 0.3) is 6.08 Å². The number of rotatable bonds is 4. The predicted molar refractivity (Wildman–Crippen MR) is 61.5 cm³/mol. The highest BCUT2D eigenvalue weighted by Crippen LogP contribution is 2.09. The monoisotopic (exact) mass is 258 g/mol. The molecule has 0 unspecified atom stereocenters. The van der Waals surface area contributed by atoms with E-state index in [1.165, 1.54) is 24.3 Å². The maximum Gasteiger partial charge on any atom is 0.338 e.